The first-order chi connectivity index (χ1) is 15.5. The Labute approximate surface area is 190 Å². The lowest BCUT2D eigenvalue weighted by atomic mass is 10.2. The second-order valence-electron chi connectivity index (χ2n) is 7.69. The van der Waals surface area contributed by atoms with Crippen LogP contribution in [-0.2, 0) is 6.54 Å². The molecule has 0 spiro atoms. The van der Waals surface area contributed by atoms with Crippen LogP contribution >= 0.6 is 11.6 Å². The lowest BCUT2D eigenvalue weighted by molar-refractivity contribution is 0.102. The van der Waals surface area contributed by atoms with Gasteiger partial charge in [0.1, 0.15) is 17.5 Å². The molecule has 0 bridgehead atoms. The Morgan fingerprint density at radius 1 is 1.03 bits per heavy atom. The number of benzene rings is 2. The molecule has 0 saturated carbocycles. The maximum atomic E-state index is 13.8. The minimum Gasteiger partial charge on any atom is -0.355 e. The van der Waals surface area contributed by atoms with Crippen LogP contribution in [0.3, 0.4) is 0 Å². The van der Waals surface area contributed by atoms with Crippen LogP contribution in [0.1, 0.15) is 22.3 Å². The van der Waals surface area contributed by atoms with Crippen molar-refractivity contribution in [3.8, 4) is 0 Å². The van der Waals surface area contributed by atoms with Gasteiger partial charge in [-0.1, -0.05) is 29.8 Å². The van der Waals surface area contributed by atoms with Crippen LogP contribution in [0.15, 0.2) is 60.8 Å². The molecule has 166 valence electrons. The maximum Gasteiger partial charge on any atom is 0.258 e. The molecule has 8 heteroatoms. The Hall–Kier alpha value is -3.03. The molecular formula is C24H23ClF2N4O. The molecule has 0 unspecified atom stereocenters. The summed E-state index contributed by atoms with van der Waals surface area (Å²) in [5.74, 6) is -1.47. The molecule has 32 heavy (non-hydrogen) atoms. The van der Waals surface area contributed by atoms with Crippen LogP contribution in [0, 0.1) is 11.6 Å². The quantitative estimate of drug-likeness (QED) is 0.588. The molecule has 1 aliphatic heterocycles. The van der Waals surface area contributed by atoms with Crippen molar-refractivity contribution in [3.63, 3.8) is 0 Å². The predicted octanol–water partition coefficient (Wildman–Crippen LogP) is 4.98. The van der Waals surface area contributed by atoms with E-state index in [4.69, 9.17) is 11.6 Å². The number of rotatable bonds is 5. The van der Waals surface area contributed by atoms with Crippen molar-refractivity contribution in [3.05, 3.63) is 88.6 Å². The fraction of sp³-hybridized carbons (Fsp3) is 0.250. The zero-order chi connectivity index (χ0) is 22.5. The molecule has 1 saturated heterocycles. The number of anilines is 2. The summed E-state index contributed by atoms with van der Waals surface area (Å²) in [6, 6.07) is 14.3. The maximum absolute atomic E-state index is 13.8. The normalized spacial score (nSPS) is 14.8. The standard InChI is InChI=1S/C24H23ClF2N4O/c25-21-5-2-1-4-17(21)16-30-10-3-11-31(13-12-30)23-9-7-19(15-28-23)29-24(32)20-8-6-18(26)14-22(20)27/h1-2,4-9,14-15H,3,10-13,16H2,(H,29,32). The van der Waals surface area contributed by atoms with Crippen LogP contribution in [0.2, 0.25) is 5.02 Å². The Morgan fingerprint density at radius 2 is 1.88 bits per heavy atom. The molecule has 2 aromatic carbocycles. The molecule has 0 atom stereocenters. The van der Waals surface area contributed by atoms with Gasteiger partial charge in [-0.3, -0.25) is 9.69 Å². The average molecular weight is 457 g/mol. The predicted molar refractivity (Wildman–Crippen MR) is 122 cm³/mol. The minimum absolute atomic E-state index is 0.221. The highest BCUT2D eigenvalue weighted by atomic mass is 35.5. The molecule has 0 radical (unpaired) electrons. The largest absolute Gasteiger partial charge is 0.355 e. The number of nitrogens with zero attached hydrogens (tertiary/aromatic N) is 3. The summed E-state index contributed by atoms with van der Waals surface area (Å²) in [4.78, 5) is 21.3. The van der Waals surface area contributed by atoms with Crippen LogP contribution in [0.25, 0.3) is 0 Å². The third kappa shape index (κ3) is 5.41. The summed E-state index contributed by atoms with van der Waals surface area (Å²) in [6.45, 7) is 4.36. The summed E-state index contributed by atoms with van der Waals surface area (Å²) in [5.41, 5.74) is 1.35. The highest BCUT2D eigenvalue weighted by Gasteiger charge is 2.18. The molecule has 1 amide bonds. The van der Waals surface area contributed by atoms with E-state index in [0.717, 1.165) is 67.7 Å². The van der Waals surface area contributed by atoms with E-state index in [-0.39, 0.29) is 5.56 Å². The van der Waals surface area contributed by atoms with E-state index in [0.29, 0.717) is 11.8 Å². The van der Waals surface area contributed by atoms with E-state index in [2.05, 4.69) is 26.2 Å². The fourth-order valence-corrected chi connectivity index (χ4v) is 3.94. The number of pyridine rings is 1. The second-order valence-corrected chi connectivity index (χ2v) is 8.10. The van der Waals surface area contributed by atoms with E-state index in [9.17, 15) is 13.6 Å². The number of carbonyl (C=O) groups excluding carboxylic acids is 1. The number of hydrogen-bond donors (Lipinski definition) is 1. The molecule has 4 rings (SSSR count). The third-order valence-corrected chi connectivity index (χ3v) is 5.81. The average Bonchev–Trinajstić information content (AvgIpc) is 3.01. The number of aromatic nitrogens is 1. The van der Waals surface area contributed by atoms with Gasteiger partial charge in [0.25, 0.3) is 5.91 Å². The van der Waals surface area contributed by atoms with Crippen molar-refractivity contribution >= 4 is 29.0 Å². The molecule has 1 aromatic heterocycles. The molecule has 3 aromatic rings. The molecule has 1 N–H and O–H groups in total. The summed E-state index contributed by atoms with van der Waals surface area (Å²) >= 11 is 6.30. The van der Waals surface area contributed by atoms with Crippen molar-refractivity contribution in [1.29, 1.82) is 0 Å². The highest BCUT2D eigenvalue weighted by molar-refractivity contribution is 6.31. The number of amides is 1. The second kappa shape index (κ2) is 10.1. The van der Waals surface area contributed by atoms with Gasteiger partial charge in [-0.2, -0.15) is 0 Å². The number of nitrogens with one attached hydrogen (secondary N) is 1. The number of hydrogen-bond acceptors (Lipinski definition) is 4. The topological polar surface area (TPSA) is 48.5 Å². The monoisotopic (exact) mass is 456 g/mol. The van der Waals surface area contributed by atoms with Gasteiger partial charge in [-0.25, -0.2) is 13.8 Å². The Morgan fingerprint density at radius 3 is 2.62 bits per heavy atom. The van der Waals surface area contributed by atoms with E-state index in [1.165, 1.54) is 0 Å². The van der Waals surface area contributed by atoms with Crippen LogP contribution in [0.4, 0.5) is 20.3 Å². The Kier molecular flexibility index (Phi) is 6.97. The first-order valence-electron chi connectivity index (χ1n) is 10.4. The molecular weight excluding hydrogens is 434 g/mol. The van der Waals surface area contributed by atoms with Crippen molar-refractivity contribution in [2.24, 2.45) is 0 Å². The third-order valence-electron chi connectivity index (χ3n) is 5.45. The lowest BCUT2D eigenvalue weighted by Gasteiger charge is -2.23. The zero-order valence-corrected chi connectivity index (χ0v) is 18.2. The Balaban J connectivity index is 1.35. The molecule has 2 heterocycles. The van der Waals surface area contributed by atoms with E-state index >= 15 is 0 Å². The van der Waals surface area contributed by atoms with Gasteiger partial charge in [-0.05, 0) is 42.3 Å². The van der Waals surface area contributed by atoms with Crippen molar-refractivity contribution in [2.75, 3.05) is 36.4 Å². The smallest absolute Gasteiger partial charge is 0.258 e. The van der Waals surface area contributed by atoms with Gasteiger partial charge in [0.2, 0.25) is 0 Å². The summed E-state index contributed by atoms with van der Waals surface area (Å²) in [6.07, 6.45) is 2.54. The van der Waals surface area contributed by atoms with Gasteiger partial charge >= 0.3 is 0 Å². The summed E-state index contributed by atoms with van der Waals surface area (Å²) in [7, 11) is 0. The Bertz CT molecular complexity index is 1090. The molecule has 1 aliphatic rings. The lowest BCUT2D eigenvalue weighted by Crippen LogP contribution is -2.31. The number of carbonyl (C=O) groups is 1. The first-order valence-corrected chi connectivity index (χ1v) is 10.8. The summed E-state index contributed by atoms with van der Waals surface area (Å²) < 4.78 is 26.8. The molecule has 5 nitrogen and oxygen atoms in total. The zero-order valence-electron chi connectivity index (χ0n) is 17.4. The van der Waals surface area contributed by atoms with Gasteiger partial charge in [0.15, 0.2) is 0 Å². The van der Waals surface area contributed by atoms with Crippen LogP contribution in [-0.4, -0.2) is 42.0 Å². The van der Waals surface area contributed by atoms with Gasteiger partial charge in [0, 0.05) is 43.8 Å². The van der Waals surface area contributed by atoms with Crippen molar-refractivity contribution < 1.29 is 13.6 Å². The van der Waals surface area contributed by atoms with Gasteiger partial charge in [-0.15, -0.1) is 0 Å². The van der Waals surface area contributed by atoms with E-state index in [1.54, 1.807) is 12.3 Å². The molecule has 0 aliphatic carbocycles. The first kappa shape index (κ1) is 22.2. The van der Waals surface area contributed by atoms with Crippen molar-refractivity contribution in [2.45, 2.75) is 13.0 Å². The summed E-state index contributed by atoms with van der Waals surface area (Å²) in [5, 5.41) is 3.38. The highest BCUT2D eigenvalue weighted by Crippen LogP contribution is 2.21. The fourth-order valence-electron chi connectivity index (χ4n) is 3.74. The van der Waals surface area contributed by atoms with E-state index in [1.807, 2.05) is 24.3 Å². The minimum atomic E-state index is -0.905. The SMILES string of the molecule is O=C(Nc1ccc(N2CCCN(Cc3ccccc3Cl)CC2)nc1)c1ccc(F)cc1F. The molecule has 1 fully saturated rings. The number of halogens is 3. The van der Waals surface area contributed by atoms with Gasteiger partial charge < -0.3 is 10.2 Å². The van der Waals surface area contributed by atoms with Crippen molar-refractivity contribution in [1.82, 2.24) is 9.88 Å². The van der Waals surface area contributed by atoms with Gasteiger partial charge in [0.05, 0.1) is 17.4 Å². The van der Waals surface area contributed by atoms with Crippen LogP contribution in [0.5, 0.6) is 0 Å². The van der Waals surface area contributed by atoms with E-state index < -0.39 is 17.5 Å². The van der Waals surface area contributed by atoms with Crippen LogP contribution < -0.4 is 10.2 Å².